The SMILES string of the molecule is CC(=O)Nc1nc(F)c(CN2C[C@H](Oc3noc4cc(F)ccc34)C[C@@H]2C)s1. The Labute approximate surface area is 163 Å². The number of likely N-dealkylation sites (tertiary alicyclic amines) is 1. The van der Waals surface area contributed by atoms with Crippen molar-refractivity contribution in [3.05, 3.63) is 34.8 Å². The number of aromatic nitrogens is 2. The van der Waals surface area contributed by atoms with Gasteiger partial charge >= 0.3 is 0 Å². The maximum atomic E-state index is 14.1. The third kappa shape index (κ3) is 3.83. The number of ether oxygens (including phenoxy) is 1. The van der Waals surface area contributed by atoms with E-state index in [1.807, 2.05) is 6.92 Å². The summed E-state index contributed by atoms with van der Waals surface area (Å²) in [5, 5.41) is 7.25. The summed E-state index contributed by atoms with van der Waals surface area (Å²) >= 11 is 1.12. The molecule has 3 aromatic rings. The fourth-order valence-corrected chi connectivity index (χ4v) is 4.22. The van der Waals surface area contributed by atoms with E-state index in [1.165, 1.54) is 19.1 Å². The molecule has 10 heteroatoms. The molecule has 28 heavy (non-hydrogen) atoms. The molecule has 0 unspecified atom stereocenters. The lowest BCUT2D eigenvalue weighted by Crippen LogP contribution is -2.28. The highest BCUT2D eigenvalue weighted by Gasteiger charge is 2.32. The lowest BCUT2D eigenvalue weighted by atomic mass is 10.2. The largest absolute Gasteiger partial charge is 0.470 e. The fourth-order valence-electron chi connectivity index (χ4n) is 3.30. The van der Waals surface area contributed by atoms with Crippen molar-refractivity contribution in [2.75, 3.05) is 11.9 Å². The van der Waals surface area contributed by atoms with Crippen LogP contribution < -0.4 is 10.1 Å². The second kappa shape index (κ2) is 7.44. The third-order valence-corrected chi connectivity index (χ3v) is 5.55. The first kappa shape index (κ1) is 18.8. The van der Waals surface area contributed by atoms with Crippen LogP contribution in [-0.4, -0.2) is 39.6 Å². The van der Waals surface area contributed by atoms with Crippen LogP contribution in [-0.2, 0) is 11.3 Å². The number of hydrogen-bond acceptors (Lipinski definition) is 7. The average Bonchev–Trinajstić information content (AvgIpc) is 3.27. The van der Waals surface area contributed by atoms with Gasteiger partial charge in [-0.2, -0.15) is 9.37 Å². The molecule has 7 nitrogen and oxygen atoms in total. The molecule has 0 spiro atoms. The van der Waals surface area contributed by atoms with E-state index >= 15 is 0 Å². The number of rotatable bonds is 5. The summed E-state index contributed by atoms with van der Waals surface area (Å²) in [6.07, 6.45) is 0.577. The van der Waals surface area contributed by atoms with Crippen LogP contribution in [0.3, 0.4) is 0 Å². The van der Waals surface area contributed by atoms with Crippen molar-refractivity contribution in [2.24, 2.45) is 0 Å². The Morgan fingerprint density at radius 1 is 1.46 bits per heavy atom. The van der Waals surface area contributed by atoms with E-state index in [9.17, 15) is 13.6 Å². The number of amides is 1. The molecule has 1 N–H and O–H groups in total. The molecule has 1 fully saturated rings. The summed E-state index contributed by atoms with van der Waals surface area (Å²) in [6, 6.07) is 4.32. The van der Waals surface area contributed by atoms with Crippen LogP contribution in [0.25, 0.3) is 11.0 Å². The van der Waals surface area contributed by atoms with Crippen LogP contribution in [0.2, 0.25) is 0 Å². The van der Waals surface area contributed by atoms with Crippen molar-refractivity contribution in [3.8, 4) is 5.88 Å². The molecule has 2 atom stereocenters. The highest BCUT2D eigenvalue weighted by molar-refractivity contribution is 7.15. The van der Waals surface area contributed by atoms with Gasteiger partial charge in [0, 0.05) is 38.5 Å². The van der Waals surface area contributed by atoms with Gasteiger partial charge in [-0.1, -0.05) is 11.3 Å². The van der Waals surface area contributed by atoms with Crippen LogP contribution in [0.5, 0.6) is 5.88 Å². The first-order valence-corrected chi connectivity index (χ1v) is 9.59. The number of fused-ring (bicyclic) bond motifs is 1. The Bertz CT molecular complexity index is 1020. The van der Waals surface area contributed by atoms with E-state index in [4.69, 9.17) is 9.26 Å². The van der Waals surface area contributed by atoms with Gasteiger partial charge in [-0.15, -0.1) is 0 Å². The molecule has 0 aliphatic carbocycles. The Balaban J connectivity index is 1.43. The van der Waals surface area contributed by atoms with Crippen LogP contribution in [0.4, 0.5) is 13.9 Å². The summed E-state index contributed by atoms with van der Waals surface area (Å²) in [7, 11) is 0. The highest BCUT2D eigenvalue weighted by Crippen LogP contribution is 2.31. The van der Waals surface area contributed by atoms with Crippen LogP contribution in [0, 0.1) is 11.8 Å². The molecule has 0 radical (unpaired) electrons. The van der Waals surface area contributed by atoms with Crippen molar-refractivity contribution in [1.29, 1.82) is 0 Å². The van der Waals surface area contributed by atoms with E-state index in [2.05, 4.69) is 20.4 Å². The fraction of sp³-hybridized carbons (Fsp3) is 0.389. The van der Waals surface area contributed by atoms with Crippen LogP contribution in [0.1, 0.15) is 25.1 Å². The lowest BCUT2D eigenvalue weighted by Gasteiger charge is -2.19. The van der Waals surface area contributed by atoms with Gasteiger partial charge in [0.05, 0.1) is 10.3 Å². The molecule has 1 aromatic carbocycles. The van der Waals surface area contributed by atoms with E-state index < -0.39 is 11.8 Å². The molecule has 148 valence electrons. The quantitative estimate of drug-likeness (QED) is 0.695. The molecule has 1 amide bonds. The Morgan fingerprint density at radius 3 is 3.07 bits per heavy atom. The molecule has 2 aromatic heterocycles. The zero-order valence-corrected chi connectivity index (χ0v) is 16.1. The number of benzene rings is 1. The minimum Gasteiger partial charge on any atom is -0.470 e. The predicted octanol–water partition coefficient (Wildman–Crippen LogP) is 3.56. The topological polar surface area (TPSA) is 80.5 Å². The van der Waals surface area contributed by atoms with E-state index in [1.54, 1.807) is 6.07 Å². The molecular formula is C18H18F2N4O3S. The number of nitrogens with zero attached hydrogens (tertiary/aromatic N) is 3. The van der Waals surface area contributed by atoms with Crippen molar-refractivity contribution in [3.63, 3.8) is 0 Å². The standard InChI is InChI=1S/C18H18F2N4O3S/c1-9-5-12(26-17-13-4-3-11(19)6-14(13)27-23-17)7-24(9)8-15-16(20)22-18(28-15)21-10(2)25/h3-4,6,9,12H,5,7-8H2,1-2H3,(H,21,22,25)/t9-,12+/m0/s1. The Hall–Kier alpha value is -2.59. The summed E-state index contributed by atoms with van der Waals surface area (Å²) in [6.45, 7) is 4.33. The van der Waals surface area contributed by atoms with Crippen molar-refractivity contribution >= 4 is 33.3 Å². The first-order valence-electron chi connectivity index (χ1n) is 8.77. The van der Waals surface area contributed by atoms with Gasteiger partial charge < -0.3 is 14.6 Å². The van der Waals surface area contributed by atoms with Gasteiger partial charge in [0.15, 0.2) is 10.7 Å². The number of thiazole rings is 1. The van der Waals surface area contributed by atoms with Gasteiger partial charge in [0.25, 0.3) is 5.88 Å². The van der Waals surface area contributed by atoms with Crippen molar-refractivity contribution in [2.45, 2.75) is 39.0 Å². The lowest BCUT2D eigenvalue weighted by molar-refractivity contribution is -0.114. The average molecular weight is 408 g/mol. The van der Waals surface area contributed by atoms with Gasteiger partial charge in [-0.25, -0.2) is 4.39 Å². The van der Waals surface area contributed by atoms with Crippen LogP contribution in [0.15, 0.2) is 22.7 Å². The minimum absolute atomic E-state index is 0.154. The van der Waals surface area contributed by atoms with E-state index in [0.29, 0.717) is 34.8 Å². The number of hydrogen-bond donors (Lipinski definition) is 1. The second-order valence-corrected chi connectivity index (χ2v) is 7.88. The number of halogens is 2. The molecule has 4 rings (SSSR count). The Kier molecular flexibility index (Phi) is 4.98. The monoisotopic (exact) mass is 408 g/mol. The molecule has 1 saturated heterocycles. The summed E-state index contributed by atoms with van der Waals surface area (Å²) < 4.78 is 38.4. The van der Waals surface area contributed by atoms with Gasteiger partial charge in [-0.05, 0) is 24.2 Å². The molecule has 3 heterocycles. The molecule has 0 saturated carbocycles. The van der Waals surface area contributed by atoms with E-state index in [-0.39, 0.29) is 23.2 Å². The maximum absolute atomic E-state index is 14.1. The van der Waals surface area contributed by atoms with Gasteiger partial charge in [0.1, 0.15) is 11.9 Å². The number of anilines is 1. The predicted molar refractivity (Wildman–Crippen MR) is 99.2 cm³/mol. The highest BCUT2D eigenvalue weighted by atomic mass is 32.1. The summed E-state index contributed by atoms with van der Waals surface area (Å²) in [5.41, 5.74) is 0.329. The van der Waals surface area contributed by atoms with Crippen molar-refractivity contribution in [1.82, 2.24) is 15.0 Å². The zero-order chi connectivity index (χ0) is 19.8. The normalized spacial score (nSPS) is 20.0. The van der Waals surface area contributed by atoms with Gasteiger partial charge in [0.2, 0.25) is 11.9 Å². The zero-order valence-electron chi connectivity index (χ0n) is 15.2. The summed E-state index contributed by atoms with van der Waals surface area (Å²) in [4.78, 5) is 17.4. The maximum Gasteiger partial charge on any atom is 0.262 e. The summed E-state index contributed by atoms with van der Waals surface area (Å²) in [5.74, 6) is -0.940. The first-order chi connectivity index (χ1) is 13.4. The van der Waals surface area contributed by atoms with Crippen LogP contribution >= 0.6 is 11.3 Å². The molecular weight excluding hydrogens is 390 g/mol. The Morgan fingerprint density at radius 2 is 2.29 bits per heavy atom. The number of carbonyl (C=O) groups excluding carboxylic acids is 1. The van der Waals surface area contributed by atoms with Crippen molar-refractivity contribution < 1.29 is 22.8 Å². The third-order valence-electron chi connectivity index (χ3n) is 4.62. The number of nitrogens with one attached hydrogen (secondary N) is 1. The second-order valence-electron chi connectivity index (χ2n) is 6.80. The minimum atomic E-state index is -0.574. The van der Waals surface area contributed by atoms with E-state index in [0.717, 1.165) is 17.8 Å². The molecule has 0 bridgehead atoms. The molecule has 1 aliphatic heterocycles. The van der Waals surface area contributed by atoms with Gasteiger partial charge in [-0.3, -0.25) is 9.69 Å². The number of carbonyl (C=O) groups is 1. The molecule has 1 aliphatic rings. The smallest absolute Gasteiger partial charge is 0.262 e.